The maximum absolute atomic E-state index is 12.4. The number of nitrogen functional groups attached to an aromatic ring is 1. The number of aryl methyl sites for hydroxylation is 2. The van der Waals surface area contributed by atoms with Gasteiger partial charge in [0.05, 0.1) is 5.69 Å². The quantitative estimate of drug-likeness (QED) is 0.856. The topological polar surface area (TPSA) is 62.5 Å². The van der Waals surface area contributed by atoms with Gasteiger partial charge in [0.1, 0.15) is 0 Å². The smallest absolute Gasteiger partial charge is 0.246 e. The number of amides is 1. The summed E-state index contributed by atoms with van der Waals surface area (Å²) in [6, 6.07) is 8.16. The van der Waals surface area contributed by atoms with E-state index in [4.69, 9.17) is 5.73 Å². The minimum absolute atomic E-state index is 0.0819. The molecule has 1 amide bonds. The van der Waals surface area contributed by atoms with Crippen LogP contribution in [-0.2, 0) is 11.3 Å². The normalized spacial score (nSPS) is 15.8. The van der Waals surface area contributed by atoms with Crippen molar-refractivity contribution >= 4 is 28.5 Å². The van der Waals surface area contributed by atoms with E-state index in [0.29, 0.717) is 5.13 Å². The average Bonchev–Trinajstić information content (AvgIpc) is 2.92. The first-order chi connectivity index (χ1) is 12.0. The monoisotopic (exact) mass is 356 g/mol. The van der Waals surface area contributed by atoms with Crippen LogP contribution in [0.5, 0.6) is 0 Å². The fourth-order valence-corrected chi connectivity index (χ4v) is 3.75. The van der Waals surface area contributed by atoms with Gasteiger partial charge in [0.25, 0.3) is 0 Å². The minimum Gasteiger partial charge on any atom is -0.375 e. The summed E-state index contributed by atoms with van der Waals surface area (Å²) in [7, 11) is 0. The molecule has 1 saturated heterocycles. The predicted molar refractivity (Wildman–Crippen MR) is 103 cm³/mol. The Morgan fingerprint density at radius 3 is 2.48 bits per heavy atom. The van der Waals surface area contributed by atoms with Gasteiger partial charge < -0.3 is 10.6 Å². The van der Waals surface area contributed by atoms with Crippen molar-refractivity contribution in [3.05, 3.63) is 52.0 Å². The van der Waals surface area contributed by atoms with Gasteiger partial charge in [-0.15, -0.1) is 11.3 Å². The maximum Gasteiger partial charge on any atom is 0.246 e. The lowest BCUT2D eigenvalue weighted by atomic mass is 10.1. The van der Waals surface area contributed by atoms with Gasteiger partial charge in [-0.3, -0.25) is 9.69 Å². The van der Waals surface area contributed by atoms with Crippen LogP contribution >= 0.6 is 11.3 Å². The summed E-state index contributed by atoms with van der Waals surface area (Å²) >= 11 is 1.56. The van der Waals surface area contributed by atoms with Crippen molar-refractivity contribution in [3.63, 3.8) is 0 Å². The average molecular weight is 356 g/mol. The molecule has 25 heavy (non-hydrogen) atoms. The maximum atomic E-state index is 12.4. The number of benzene rings is 1. The zero-order valence-corrected chi connectivity index (χ0v) is 15.6. The molecule has 0 spiro atoms. The molecule has 0 bridgehead atoms. The lowest BCUT2D eigenvalue weighted by Crippen LogP contribution is -2.47. The molecule has 1 aliphatic heterocycles. The molecular weight excluding hydrogens is 332 g/mol. The van der Waals surface area contributed by atoms with Crippen molar-refractivity contribution in [1.29, 1.82) is 0 Å². The van der Waals surface area contributed by atoms with E-state index < -0.39 is 0 Å². The van der Waals surface area contributed by atoms with Crippen LogP contribution in [0.1, 0.15) is 21.7 Å². The van der Waals surface area contributed by atoms with Crippen molar-refractivity contribution < 1.29 is 4.79 Å². The molecule has 0 unspecified atom stereocenters. The molecule has 0 radical (unpaired) electrons. The third-order valence-electron chi connectivity index (χ3n) is 4.46. The van der Waals surface area contributed by atoms with Gasteiger partial charge in [0, 0.05) is 43.7 Å². The number of aromatic nitrogens is 1. The molecule has 0 saturated carbocycles. The number of thiazole rings is 1. The molecule has 2 aromatic rings. The van der Waals surface area contributed by atoms with Crippen LogP contribution in [-0.4, -0.2) is 46.9 Å². The Hall–Kier alpha value is -2.18. The van der Waals surface area contributed by atoms with Crippen LogP contribution in [0.4, 0.5) is 5.13 Å². The lowest BCUT2D eigenvalue weighted by molar-refractivity contribution is -0.127. The molecule has 1 aromatic carbocycles. The highest BCUT2D eigenvalue weighted by Crippen LogP contribution is 2.22. The number of carbonyl (C=O) groups excluding carboxylic acids is 1. The number of rotatable bonds is 4. The van der Waals surface area contributed by atoms with Crippen molar-refractivity contribution in [3.8, 4) is 0 Å². The second kappa shape index (κ2) is 7.80. The van der Waals surface area contributed by atoms with E-state index in [2.05, 4.69) is 28.9 Å². The van der Waals surface area contributed by atoms with Crippen LogP contribution < -0.4 is 5.73 Å². The van der Waals surface area contributed by atoms with Gasteiger partial charge in [-0.2, -0.15) is 0 Å². The predicted octanol–water partition coefficient (Wildman–Crippen LogP) is 2.70. The van der Waals surface area contributed by atoms with Crippen LogP contribution in [0.15, 0.2) is 30.3 Å². The molecule has 3 rings (SSSR count). The molecule has 132 valence electrons. The molecule has 0 atom stereocenters. The molecule has 6 heteroatoms. The van der Waals surface area contributed by atoms with Gasteiger partial charge in [0.15, 0.2) is 5.13 Å². The second-order valence-corrected chi connectivity index (χ2v) is 7.52. The molecule has 2 heterocycles. The van der Waals surface area contributed by atoms with E-state index in [0.717, 1.165) is 44.0 Å². The molecule has 1 aliphatic rings. The summed E-state index contributed by atoms with van der Waals surface area (Å²) in [6.45, 7) is 8.18. The van der Waals surface area contributed by atoms with Crippen LogP contribution in [0.2, 0.25) is 0 Å². The fraction of sp³-hybridized carbons (Fsp3) is 0.368. The Morgan fingerprint density at radius 2 is 1.88 bits per heavy atom. The Balaban J connectivity index is 1.50. The van der Waals surface area contributed by atoms with E-state index in [1.165, 1.54) is 10.4 Å². The highest BCUT2D eigenvalue weighted by Gasteiger charge is 2.20. The Kier molecular flexibility index (Phi) is 5.50. The summed E-state index contributed by atoms with van der Waals surface area (Å²) in [6.07, 6.45) is 3.56. The molecule has 1 fully saturated rings. The molecule has 0 aliphatic carbocycles. The third kappa shape index (κ3) is 4.67. The SMILES string of the molecule is Cc1ccc(/C=C/C(=O)N2CCN(Cc3sc(N)nc3C)CC2)cc1. The van der Waals surface area contributed by atoms with E-state index in [-0.39, 0.29) is 5.91 Å². The Bertz CT molecular complexity index is 758. The molecule has 5 nitrogen and oxygen atoms in total. The first kappa shape index (κ1) is 17.6. The second-order valence-electron chi connectivity index (χ2n) is 6.41. The van der Waals surface area contributed by atoms with E-state index in [1.807, 2.05) is 30.0 Å². The number of piperazine rings is 1. The summed E-state index contributed by atoms with van der Waals surface area (Å²) in [5, 5.41) is 0.627. The molecular formula is C19H24N4OS. The number of anilines is 1. The zero-order valence-electron chi connectivity index (χ0n) is 14.7. The van der Waals surface area contributed by atoms with Crippen LogP contribution in [0, 0.1) is 13.8 Å². The van der Waals surface area contributed by atoms with Crippen molar-refractivity contribution in [2.24, 2.45) is 0 Å². The lowest BCUT2D eigenvalue weighted by Gasteiger charge is -2.34. The summed E-state index contributed by atoms with van der Waals surface area (Å²) in [5.41, 5.74) is 9.05. The third-order valence-corrected chi connectivity index (χ3v) is 5.43. The number of hydrogen-bond acceptors (Lipinski definition) is 5. The van der Waals surface area contributed by atoms with Gasteiger partial charge >= 0.3 is 0 Å². The number of hydrogen-bond donors (Lipinski definition) is 1. The Morgan fingerprint density at radius 1 is 1.20 bits per heavy atom. The van der Waals surface area contributed by atoms with E-state index in [9.17, 15) is 4.79 Å². The van der Waals surface area contributed by atoms with Crippen molar-refractivity contribution in [2.45, 2.75) is 20.4 Å². The summed E-state index contributed by atoms with van der Waals surface area (Å²) in [4.78, 5) is 22.1. The van der Waals surface area contributed by atoms with Crippen molar-refractivity contribution in [2.75, 3.05) is 31.9 Å². The highest BCUT2D eigenvalue weighted by molar-refractivity contribution is 7.15. The van der Waals surface area contributed by atoms with Crippen LogP contribution in [0.3, 0.4) is 0 Å². The highest BCUT2D eigenvalue weighted by atomic mass is 32.1. The minimum atomic E-state index is 0.0819. The zero-order chi connectivity index (χ0) is 17.8. The largest absolute Gasteiger partial charge is 0.375 e. The number of nitrogens with two attached hydrogens (primary N) is 1. The van der Waals surface area contributed by atoms with Crippen LogP contribution in [0.25, 0.3) is 6.08 Å². The molecule has 1 aromatic heterocycles. The number of nitrogens with zero attached hydrogens (tertiary/aromatic N) is 3. The van der Waals surface area contributed by atoms with Gasteiger partial charge in [-0.1, -0.05) is 29.8 Å². The number of carbonyl (C=O) groups is 1. The van der Waals surface area contributed by atoms with Gasteiger partial charge in [0.2, 0.25) is 5.91 Å². The first-order valence-corrected chi connectivity index (χ1v) is 9.31. The van der Waals surface area contributed by atoms with Gasteiger partial charge in [-0.05, 0) is 25.5 Å². The van der Waals surface area contributed by atoms with Crippen molar-refractivity contribution in [1.82, 2.24) is 14.8 Å². The fourth-order valence-electron chi connectivity index (χ4n) is 2.88. The molecule has 2 N–H and O–H groups in total. The standard InChI is InChI=1S/C19H24N4OS/c1-14-3-5-16(6-4-14)7-8-18(24)23-11-9-22(10-12-23)13-17-15(2)21-19(20)25-17/h3-8H,9-13H2,1-2H3,(H2,20,21)/b8-7+. The van der Waals surface area contributed by atoms with E-state index in [1.54, 1.807) is 17.4 Å². The first-order valence-electron chi connectivity index (χ1n) is 8.49. The van der Waals surface area contributed by atoms with Gasteiger partial charge in [-0.25, -0.2) is 4.98 Å². The summed E-state index contributed by atoms with van der Waals surface area (Å²) < 4.78 is 0. The van der Waals surface area contributed by atoms with E-state index >= 15 is 0 Å². The summed E-state index contributed by atoms with van der Waals surface area (Å²) in [5.74, 6) is 0.0819. The Labute approximate surface area is 152 Å².